The number of piperidine rings is 1. The van der Waals surface area contributed by atoms with Crippen molar-refractivity contribution in [2.45, 2.75) is 12.8 Å². The third-order valence-electron chi connectivity index (χ3n) is 4.50. The maximum absolute atomic E-state index is 12.2. The SMILES string of the molecule is COCCNCCNC(=O)C1CCN(c2nc3ccccc3o2)CC1.Cl.Cl. The first-order chi connectivity index (χ1) is 12.3. The van der Waals surface area contributed by atoms with Gasteiger partial charge in [0.05, 0.1) is 6.61 Å². The number of nitrogens with zero attached hydrogens (tertiary/aromatic N) is 2. The number of aromatic nitrogens is 1. The quantitative estimate of drug-likeness (QED) is 0.639. The van der Waals surface area contributed by atoms with Gasteiger partial charge < -0.3 is 24.7 Å². The zero-order chi connectivity index (χ0) is 17.5. The molecule has 0 aliphatic carbocycles. The van der Waals surface area contributed by atoms with E-state index < -0.39 is 0 Å². The number of oxazole rings is 1. The lowest BCUT2D eigenvalue weighted by Crippen LogP contribution is -2.42. The Hall–Kier alpha value is -1.54. The summed E-state index contributed by atoms with van der Waals surface area (Å²) in [7, 11) is 1.68. The summed E-state index contributed by atoms with van der Waals surface area (Å²) in [6.45, 7) is 4.47. The first-order valence-corrected chi connectivity index (χ1v) is 8.86. The van der Waals surface area contributed by atoms with Crippen molar-refractivity contribution in [3.63, 3.8) is 0 Å². The van der Waals surface area contributed by atoms with Gasteiger partial charge in [0, 0.05) is 45.8 Å². The van der Waals surface area contributed by atoms with Gasteiger partial charge in [0.2, 0.25) is 5.91 Å². The minimum atomic E-state index is 0. The standard InChI is InChI=1S/C18H26N4O3.2ClH/c1-24-13-10-19-8-9-20-17(23)14-6-11-22(12-7-14)18-21-15-4-2-3-5-16(15)25-18;;/h2-5,14,19H,6-13H2,1H3,(H,20,23);2*1H. The lowest BCUT2D eigenvalue weighted by Gasteiger charge is -2.30. The fourth-order valence-electron chi connectivity index (χ4n) is 3.05. The number of carbonyl (C=O) groups is 1. The highest BCUT2D eigenvalue weighted by molar-refractivity contribution is 5.85. The van der Waals surface area contributed by atoms with Crippen LogP contribution >= 0.6 is 24.8 Å². The molecule has 27 heavy (non-hydrogen) atoms. The first-order valence-electron chi connectivity index (χ1n) is 8.86. The lowest BCUT2D eigenvalue weighted by atomic mass is 9.96. The molecule has 7 nitrogen and oxygen atoms in total. The highest BCUT2D eigenvalue weighted by Crippen LogP contribution is 2.26. The van der Waals surface area contributed by atoms with E-state index in [4.69, 9.17) is 9.15 Å². The van der Waals surface area contributed by atoms with Gasteiger partial charge in [0.1, 0.15) is 5.52 Å². The largest absolute Gasteiger partial charge is 0.423 e. The Balaban J connectivity index is 0.00000182. The lowest BCUT2D eigenvalue weighted by molar-refractivity contribution is -0.125. The second kappa shape index (κ2) is 12.0. The molecule has 3 rings (SSSR count). The minimum absolute atomic E-state index is 0. The molecular weight excluding hydrogens is 391 g/mol. The Morgan fingerprint density at radius 3 is 2.67 bits per heavy atom. The molecule has 1 fully saturated rings. The summed E-state index contributed by atoms with van der Waals surface area (Å²) < 4.78 is 10.8. The van der Waals surface area contributed by atoms with E-state index in [-0.39, 0.29) is 36.6 Å². The summed E-state index contributed by atoms with van der Waals surface area (Å²) in [4.78, 5) is 18.9. The molecule has 9 heteroatoms. The number of amides is 1. The molecule has 0 saturated carbocycles. The Kier molecular flexibility index (Phi) is 10.5. The van der Waals surface area contributed by atoms with E-state index in [1.165, 1.54) is 0 Å². The Bertz CT molecular complexity index is 657. The molecular formula is C18H28Cl2N4O3. The maximum atomic E-state index is 12.2. The van der Waals surface area contributed by atoms with Crippen molar-refractivity contribution < 1.29 is 13.9 Å². The topological polar surface area (TPSA) is 79.6 Å². The van der Waals surface area contributed by atoms with Gasteiger partial charge in [-0.2, -0.15) is 4.98 Å². The zero-order valence-electron chi connectivity index (χ0n) is 15.5. The first kappa shape index (κ1) is 23.5. The van der Waals surface area contributed by atoms with E-state index >= 15 is 0 Å². The minimum Gasteiger partial charge on any atom is -0.423 e. The third kappa shape index (κ3) is 6.53. The predicted octanol–water partition coefficient (Wildman–Crippen LogP) is 2.24. The Labute approximate surface area is 172 Å². The molecule has 0 radical (unpaired) electrons. The summed E-state index contributed by atoms with van der Waals surface area (Å²) in [5.41, 5.74) is 1.68. The summed E-state index contributed by atoms with van der Waals surface area (Å²) in [6.07, 6.45) is 1.64. The monoisotopic (exact) mass is 418 g/mol. The van der Waals surface area contributed by atoms with E-state index in [1.807, 2.05) is 24.3 Å². The number of benzene rings is 1. The molecule has 2 aromatic rings. The van der Waals surface area contributed by atoms with E-state index in [0.29, 0.717) is 19.2 Å². The van der Waals surface area contributed by atoms with Crippen molar-refractivity contribution in [2.24, 2.45) is 5.92 Å². The number of nitrogens with one attached hydrogen (secondary N) is 2. The highest BCUT2D eigenvalue weighted by atomic mass is 35.5. The molecule has 1 aliphatic rings. The van der Waals surface area contributed by atoms with E-state index in [0.717, 1.165) is 50.1 Å². The van der Waals surface area contributed by atoms with Crippen LogP contribution in [-0.4, -0.2) is 57.3 Å². The smallest absolute Gasteiger partial charge is 0.298 e. The van der Waals surface area contributed by atoms with Gasteiger partial charge in [0.15, 0.2) is 5.58 Å². The second-order valence-corrected chi connectivity index (χ2v) is 6.26. The molecule has 1 aromatic heterocycles. The fraction of sp³-hybridized carbons (Fsp3) is 0.556. The van der Waals surface area contributed by atoms with Crippen molar-refractivity contribution >= 4 is 47.8 Å². The number of fused-ring (bicyclic) bond motifs is 1. The van der Waals surface area contributed by atoms with Crippen LogP contribution in [0.5, 0.6) is 0 Å². The molecule has 1 saturated heterocycles. The molecule has 1 aromatic carbocycles. The number of halogens is 2. The van der Waals surface area contributed by atoms with Crippen LogP contribution in [0.15, 0.2) is 28.7 Å². The van der Waals surface area contributed by atoms with Crippen LogP contribution in [-0.2, 0) is 9.53 Å². The number of hydrogen-bond acceptors (Lipinski definition) is 6. The number of rotatable bonds is 8. The number of ether oxygens (including phenoxy) is 1. The van der Waals surface area contributed by atoms with Crippen LogP contribution in [0.1, 0.15) is 12.8 Å². The Morgan fingerprint density at radius 2 is 1.96 bits per heavy atom. The van der Waals surface area contributed by atoms with E-state index in [2.05, 4.69) is 20.5 Å². The number of carbonyl (C=O) groups excluding carboxylic acids is 1. The van der Waals surface area contributed by atoms with Crippen LogP contribution in [0, 0.1) is 5.92 Å². The fourth-order valence-corrected chi connectivity index (χ4v) is 3.05. The van der Waals surface area contributed by atoms with Crippen LogP contribution in [0.3, 0.4) is 0 Å². The number of anilines is 1. The molecule has 0 spiro atoms. The normalized spacial score (nSPS) is 14.5. The molecule has 2 N–H and O–H groups in total. The van der Waals surface area contributed by atoms with Gasteiger partial charge in [0.25, 0.3) is 6.01 Å². The summed E-state index contributed by atoms with van der Waals surface area (Å²) in [5, 5.41) is 6.22. The van der Waals surface area contributed by atoms with E-state index in [9.17, 15) is 4.79 Å². The summed E-state index contributed by atoms with van der Waals surface area (Å²) in [5.74, 6) is 0.213. The van der Waals surface area contributed by atoms with E-state index in [1.54, 1.807) is 7.11 Å². The van der Waals surface area contributed by atoms with Crippen molar-refractivity contribution in [1.82, 2.24) is 15.6 Å². The molecule has 0 bridgehead atoms. The summed E-state index contributed by atoms with van der Waals surface area (Å²) in [6, 6.07) is 8.42. The molecule has 2 heterocycles. The van der Waals surface area contributed by atoms with Crippen molar-refractivity contribution in [3.8, 4) is 0 Å². The van der Waals surface area contributed by atoms with Crippen LogP contribution in [0.4, 0.5) is 6.01 Å². The number of hydrogen-bond donors (Lipinski definition) is 2. The highest BCUT2D eigenvalue weighted by Gasteiger charge is 2.26. The van der Waals surface area contributed by atoms with Gasteiger partial charge in [-0.1, -0.05) is 12.1 Å². The average molecular weight is 419 g/mol. The van der Waals surface area contributed by atoms with Crippen molar-refractivity contribution in [3.05, 3.63) is 24.3 Å². The van der Waals surface area contributed by atoms with Crippen molar-refractivity contribution in [1.29, 1.82) is 0 Å². The van der Waals surface area contributed by atoms with Gasteiger partial charge in [-0.3, -0.25) is 4.79 Å². The molecule has 1 amide bonds. The summed E-state index contributed by atoms with van der Waals surface area (Å²) >= 11 is 0. The zero-order valence-corrected chi connectivity index (χ0v) is 17.1. The van der Waals surface area contributed by atoms with Gasteiger partial charge >= 0.3 is 0 Å². The molecule has 1 aliphatic heterocycles. The van der Waals surface area contributed by atoms with Crippen LogP contribution in [0.25, 0.3) is 11.1 Å². The van der Waals surface area contributed by atoms with Gasteiger partial charge in [-0.05, 0) is 25.0 Å². The van der Waals surface area contributed by atoms with Gasteiger partial charge in [-0.25, -0.2) is 0 Å². The Morgan fingerprint density at radius 1 is 1.22 bits per heavy atom. The third-order valence-corrected chi connectivity index (χ3v) is 4.50. The number of para-hydroxylation sites is 2. The molecule has 0 atom stereocenters. The van der Waals surface area contributed by atoms with Gasteiger partial charge in [-0.15, -0.1) is 24.8 Å². The number of methoxy groups -OCH3 is 1. The van der Waals surface area contributed by atoms with Crippen LogP contribution < -0.4 is 15.5 Å². The maximum Gasteiger partial charge on any atom is 0.298 e. The average Bonchev–Trinajstić information content (AvgIpc) is 3.09. The molecule has 152 valence electrons. The molecule has 0 unspecified atom stereocenters. The predicted molar refractivity (Wildman–Crippen MR) is 111 cm³/mol. The second-order valence-electron chi connectivity index (χ2n) is 6.26. The van der Waals surface area contributed by atoms with Crippen molar-refractivity contribution in [2.75, 3.05) is 51.3 Å². The van der Waals surface area contributed by atoms with Crippen LogP contribution in [0.2, 0.25) is 0 Å².